The van der Waals surface area contributed by atoms with Crippen LogP contribution < -0.4 is 4.74 Å². The maximum Gasteiger partial charge on any atom is 0.140 e. The van der Waals surface area contributed by atoms with Crippen molar-refractivity contribution < 1.29 is 9.53 Å². The summed E-state index contributed by atoms with van der Waals surface area (Å²) in [6, 6.07) is 6.08. The second-order valence-corrected chi connectivity index (χ2v) is 4.32. The van der Waals surface area contributed by atoms with Crippen molar-refractivity contribution in [2.24, 2.45) is 0 Å². The number of benzene rings is 1. The van der Waals surface area contributed by atoms with E-state index in [1.54, 1.807) is 14.0 Å². The monoisotopic (exact) mass is 204 g/mol. The summed E-state index contributed by atoms with van der Waals surface area (Å²) in [4.78, 5) is 11.6. The van der Waals surface area contributed by atoms with Crippen LogP contribution in [0.1, 0.15) is 30.9 Å². The highest BCUT2D eigenvalue weighted by Crippen LogP contribution is 2.49. The number of carbonyl (C=O) groups excluding carboxylic acids is 1. The standard InChI is InChI=1S/C13H16O2/c1-9-4-5-11(8-12(9)15-3)13(6-7-13)10(2)14/h4-5,8H,6-7H2,1-3H3. The van der Waals surface area contributed by atoms with Gasteiger partial charge in [0.1, 0.15) is 11.5 Å². The summed E-state index contributed by atoms with van der Waals surface area (Å²) in [6.45, 7) is 3.69. The second-order valence-electron chi connectivity index (χ2n) is 4.32. The SMILES string of the molecule is COc1cc(C2(C(C)=O)CC2)ccc1C. The first-order valence-electron chi connectivity index (χ1n) is 5.26. The molecule has 80 valence electrons. The minimum absolute atomic E-state index is 0.193. The molecule has 0 unspecified atom stereocenters. The van der Waals surface area contributed by atoms with Gasteiger partial charge in [-0.25, -0.2) is 0 Å². The molecule has 2 rings (SSSR count). The topological polar surface area (TPSA) is 26.3 Å². The van der Waals surface area contributed by atoms with Gasteiger partial charge < -0.3 is 4.74 Å². The third-order valence-corrected chi connectivity index (χ3v) is 3.38. The van der Waals surface area contributed by atoms with Crippen molar-refractivity contribution in [3.05, 3.63) is 29.3 Å². The summed E-state index contributed by atoms with van der Waals surface area (Å²) < 4.78 is 5.28. The average molecular weight is 204 g/mol. The van der Waals surface area contributed by atoms with Gasteiger partial charge in [-0.1, -0.05) is 12.1 Å². The highest BCUT2D eigenvalue weighted by Gasteiger charge is 2.48. The van der Waals surface area contributed by atoms with Crippen LogP contribution in [-0.2, 0) is 10.2 Å². The van der Waals surface area contributed by atoms with Crippen LogP contribution in [0, 0.1) is 6.92 Å². The van der Waals surface area contributed by atoms with Gasteiger partial charge in [0.25, 0.3) is 0 Å². The Morgan fingerprint density at radius 3 is 2.53 bits per heavy atom. The van der Waals surface area contributed by atoms with Crippen LogP contribution >= 0.6 is 0 Å². The van der Waals surface area contributed by atoms with E-state index >= 15 is 0 Å². The molecule has 0 aromatic heterocycles. The molecule has 1 aliphatic carbocycles. The lowest BCUT2D eigenvalue weighted by molar-refractivity contribution is -0.119. The minimum Gasteiger partial charge on any atom is -0.496 e. The lowest BCUT2D eigenvalue weighted by Gasteiger charge is -2.14. The number of aryl methyl sites for hydroxylation is 1. The van der Waals surface area contributed by atoms with Crippen molar-refractivity contribution in [3.63, 3.8) is 0 Å². The first-order chi connectivity index (χ1) is 7.10. The number of hydrogen-bond donors (Lipinski definition) is 0. The molecule has 0 saturated heterocycles. The Bertz CT molecular complexity index is 403. The first-order valence-corrected chi connectivity index (χ1v) is 5.26. The number of ketones is 1. The number of ether oxygens (including phenoxy) is 1. The van der Waals surface area contributed by atoms with E-state index in [-0.39, 0.29) is 11.2 Å². The molecular formula is C13H16O2. The Hall–Kier alpha value is -1.31. The Morgan fingerprint density at radius 1 is 1.40 bits per heavy atom. The molecule has 0 aliphatic heterocycles. The van der Waals surface area contributed by atoms with Gasteiger partial charge >= 0.3 is 0 Å². The first kappa shape index (κ1) is 10.2. The molecule has 0 heterocycles. The molecule has 0 amide bonds. The zero-order chi connectivity index (χ0) is 11.1. The van der Waals surface area contributed by atoms with E-state index in [4.69, 9.17) is 4.74 Å². The molecule has 0 bridgehead atoms. The van der Waals surface area contributed by atoms with Crippen LogP contribution in [0.5, 0.6) is 5.75 Å². The Morgan fingerprint density at radius 2 is 2.07 bits per heavy atom. The van der Waals surface area contributed by atoms with Gasteiger partial charge in [-0.05, 0) is 43.9 Å². The van der Waals surface area contributed by atoms with E-state index in [1.165, 1.54) is 0 Å². The summed E-state index contributed by atoms with van der Waals surface area (Å²) in [7, 11) is 1.67. The summed E-state index contributed by atoms with van der Waals surface area (Å²) >= 11 is 0. The Kier molecular flexibility index (Phi) is 2.29. The van der Waals surface area contributed by atoms with Crippen molar-refractivity contribution in [1.82, 2.24) is 0 Å². The molecule has 0 radical (unpaired) electrons. The van der Waals surface area contributed by atoms with Crippen molar-refractivity contribution >= 4 is 5.78 Å². The van der Waals surface area contributed by atoms with Crippen LogP contribution in [0.3, 0.4) is 0 Å². The third kappa shape index (κ3) is 1.54. The zero-order valence-corrected chi connectivity index (χ0v) is 9.46. The number of methoxy groups -OCH3 is 1. The highest BCUT2D eigenvalue weighted by atomic mass is 16.5. The van der Waals surface area contributed by atoms with Crippen molar-refractivity contribution in [1.29, 1.82) is 0 Å². The molecule has 1 aromatic rings. The number of Topliss-reactive ketones (excluding diaryl/α,β-unsaturated/α-hetero) is 1. The maximum atomic E-state index is 11.6. The van der Waals surface area contributed by atoms with Gasteiger partial charge in [-0.3, -0.25) is 4.79 Å². The summed E-state index contributed by atoms with van der Waals surface area (Å²) in [5.41, 5.74) is 2.03. The lowest BCUT2D eigenvalue weighted by atomic mass is 9.91. The van der Waals surface area contributed by atoms with E-state index < -0.39 is 0 Å². The summed E-state index contributed by atoms with van der Waals surface area (Å²) in [5.74, 6) is 1.15. The molecular weight excluding hydrogens is 188 g/mol. The fourth-order valence-electron chi connectivity index (χ4n) is 2.09. The largest absolute Gasteiger partial charge is 0.496 e. The Labute approximate surface area is 90.3 Å². The maximum absolute atomic E-state index is 11.6. The summed E-state index contributed by atoms with van der Waals surface area (Å²) in [6.07, 6.45) is 1.96. The third-order valence-electron chi connectivity index (χ3n) is 3.38. The van der Waals surface area contributed by atoms with Crippen LogP contribution in [0.25, 0.3) is 0 Å². The van der Waals surface area contributed by atoms with Crippen LogP contribution in [0.15, 0.2) is 18.2 Å². The number of carbonyl (C=O) groups is 1. The van der Waals surface area contributed by atoms with Gasteiger partial charge in [-0.15, -0.1) is 0 Å². The molecule has 0 atom stereocenters. The van der Waals surface area contributed by atoms with Crippen molar-refractivity contribution in [2.45, 2.75) is 32.1 Å². The minimum atomic E-state index is -0.193. The Balaban J connectivity index is 2.42. The van der Waals surface area contributed by atoms with Gasteiger partial charge in [0.15, 0.2) is 0 Å². The van der Waals surface area contributed by atoms with Gasteiger partial charge in [0.2, 0.25) is 0 Å². The molecule has 0 spiro atoms. The van der Waals surface area contributed by atoms with E-state index in [0.29, 0.717) is 0 Å². The molecule has 1 saturated carbocycles. The van der Waals surface area contributed by atoms with Crippen LogP contribution in [0.4, 0.5) is 0 Å². The van der Waals surface area contributed by atoms with E-state index in [2.05, 4.69) is 0 Å². The molecule has 15 heavy (non-hydrogen) atoms. The average Bonchev–Trinajstić information content (AvgIpc) is 2.99. The van der Waals surface area contributed by atoms with E-state index in [0.717, 1.165) is 29.7 Å². The van der Waals surface area contributed by atoms with Gasteiger partial charge in [0, 0.05) is 0 Å². The fourth-order valence-corrected chi connectivity index (χ4v) is 2.09. The van der Waals surface area contributed by atoms with Gasteiger partial charge in [0.05, 0.1) is 12.5 Å². The molecule has 1 aromatic carbocycles. The van der Waals surface area contributed by atoms with Crippen LogP contribution in [-0.4, -0.2) is 12.9 Å². The molecule has 2 nitrogen and oxygen atoms in total. The predicted molar refractivity (Wildman–Crippen MR) is 59.3 cm³/mol. The zero-order valence-electron chi connectivity index (χ0n) is 9.46. The second kappa shape index (κ2) is 3.37. The normalized spacial score (nSPS) is 17.3. The van der Waals surface area contributed by atoms with Crippen LogP contribution in [0.2, 0.25) is 0 Å². The lowest BCUT2D eigenvalue weighted by Crippen LogP contribution is -2.16. The quantitative estimate of drug-likeness (QED) is 0.756. The number of hydrogen-bond acceptors (Lipinski definition) is 2. The predicted octanol–water partition coefficient (Wildman–Crippen LogP) is 2.62. The van der Waals surface area contributed by atoms with Crippen molar-refractivity contribution in [2.75, 3.05) is 7.11 Å². The molecule has 2 heteroatoms. The van der Waals surface area contributed by atoms with E-state index in [9.17, 15) is 4.79 Å². The summed E-state index contributed by atoms with van der Waals surface area (Å²) in [5, 5.41) is 0. The highest BCUT2D eigenvalue weighted by molar-refractivity contribution is 5.91. The smallest absolute Gasteiger partial charge is 0.140 e. The van der Waals surface area contributed by atoms with Gasteiger partial charge in [-0.2, -0.15) is 0 Å². The molecule has 1 fully saturated rings. The van der Waals surface area contributed by atoms with Crippen molar-refractivity contribution in [3.8, 4) is 5.75 Å². The molecule has 0 N–H and O–H groups in total. The number of rotatable bonds is 3. The fraction of sp³-hybridized carbons (Fsp3) is 0.462. The van der Waals surface area contributed by atoms with E-state index in [1.807, 2.05) is 25.1 Å². The molecule has 1 aliphatic rings.